The van der Waals surface area contributed by atoms with Gasteiger partial charge in [0.2, 0.25) is 0 Å². The first-order valence-electron chi connectivity index (χ1n) is 7.55. The first kappa shape index (κ1) is 18.1. The van der Waals surface area contributed by atoms with Gasteiger partial charge in [-0.2, -0.15) is 0 Å². The molecule has 5 heteroatoms. The van der Waals surface area contributed by atoms with Crippen molar-refractivity contribution < 1.29 is 0 Å². The van der Waals surface area contributed by atoms with Crippen LogP contribution in [0.1, 0.15) is 30.9 Å². The third-order valence-corrected chi connectivity index (χ3v) is 4.36. The topological polar surface area (TPSA) is 24.1 Å². The second kappa shape index (κ2) is 8.53. The number of nitrogens with one attached hydrogen (secondary N) is 2. The van der Waals surface area contributed by atoms with Gasteiger partial charge < -0.3 is 10.6 Å². The normalized spacial score (nSPS) is 10.7. The van der Waals surface area contributed by atoms with Gasteiger partial charge in [0.1, 0.15) is 0 Å². The zero-order valence-corrected chi connectivity index (χ0v) is 15.5. The second-order valence-corrected chi connectivity index (χ2v) is 6.86. The number of para-hydroxylation sites is 1. The van der Waals surface area contributed by atoms with Crippen LogP contribution in [0.25, 0.3) is 0 Å². The van der Waals surface area contributed by atoms with E-state index in [4.69, 9.17) is 35.4 Å². The highest BCUT2D eigenvalue weighted by atomic mass is 35.5. The van der Waals surface area contributed by atoms with Crippen LogP contribution in [0.5, 0.6) is 0 Å². The summed E-state index contributed by atoms with van der Waals surface area (Å²) in [5, 5.41) is 8.43. The molecule has 0 saturated carbocycles. The van der Waals surface area contributed by atoms with E-state index in [0.29, 0.717) is 27.6 Å². The van der Waals surface area contributed by atoms with Gasteiger partial charge in [-0.25, -0.2) is 0 Å². The van der Waals surface area contributed by atoms with Crippen molar-refractivity contribution in [3.8, 4) is 0 Å². The maximum atomic E-state index is 6.17. The van der Waals surface area contributed by atoms with Gasteiger partial charge in [0.15, 0.2) is 5.11 Å². The molecule has 2 nitrogen and oxygen atoms in total. The van der Waals surface area contributed by atoms with Gasteiger partial charge in [0.05, 0.1) is 0 Å². The molecule has 0 radical (unpaired) electrons. The molecule has 122 valence electrons. The quantitative estimate of drug-likeness (QED) is 0.668. The Kier molecular flexibility index (Phi) is 6.70. The summed E-state index contributed by atoms with van der Waals surface area (Å²) < 4.78 is 0. The third-order valence-electron chi connectivity index (χ3n) is 3.53. The van der Waals surface area contributed by atoms with Crippen LogP contribution < -0.4 is 10.6 Å². The van der Waals surface area contributed by atoms with Crippen molar-refractivity contribution in [2.75, 3.05) is 11.9 Å². The Hall–Kier alpha value is -1.29. The molecule has 2 N–H and O–H groups in total. The van der Waals surface area contributed by atoms with Gasteiger partial charge in [-0.3, -0.25) is 0 Å². The predicted molar refractivity (Wildman–Crippen MR) is 105 cm³/mol. The molecule has 0 bridgehead atoms. The maximum absolute atomic E-state index is 6.17. The van der Waals surface area contributed by atoms with E-state index in [2.05, 4.69) is 30.5 Å². The van der Waals surface area contributed by atoms with Gasteiger partial charge in [0.25, 0.3) is 0 Å². The third kappa shape index (κ3) is 5.38. The van der Waals surface area contributed by atoms with Gasteiger partial charge in [-0.1, -0.05) is 61.3 Å². The van der Waals surface area contributed by atoms with E-state index < -0.39 is 0 Å². The summed E-state index contributed by atoms with van der Waals surface area (Å²) in [6, 6.07) is 13.7. The lowest BCUT2D eigenvalue weighted by atomic mass is 10.0. The van der Waals surface area contributed by atoms with Crippen LogP contribution in [0.2, 0.25) is 10.0 Å². The Labute approximate surface area is 153 Å². The van der Waals surface area contributed by atoms with Gasteiger partial charge >= 0.3 is 0 Å². The molecule has 0 saturated heterocycles. The highest BCUT2D eigenvalue weighted by molar-refractivity contribution is 7.80. The summed E-state index contributed by atoms with van der Waals surface area (Å²) >= 11 is 17.4. The largest absolute Gasteiger partial charge is 0.362 e. The number of hydrogen-bond acceptors (Lipinski definition) is 1. The van der Waals surface area contributed by atoms with Crippen molar-refractivity contribution >= 4 is 46.2 Å². The summed E-state index contributed by atoms with van der Waals surface area (Å²) in [5.41, 5.74) is 3.34. The van der Waals surface area contributed by atoms with Crippen LogP contribution in [0.4, 0.5) is 5.69 Å². The lowest BCUT2D eigenvalue weighted by Crippen LogP contribution is -2.30. The Morgan fingerprint density at radius 2 is 1.87 bits per heavy atom. The van der Waals surface area contributed by atoms with E-state index >= 15 is 0 Å². The van der Waals surface area contributed by atoms with Gasteiger partial charge in [-0.15, -0.1) is 0 Å². The Morgan fingerprint density at radius 1 is 1.13 bits per heavy atom. The number of hydrogen-bond donors (Lipinski definition) is 2. The minimum Gasteiger partial charge on any atom is -0.362 e. The van der Waals surface area contributed by atoms with Gasteiger partial charge in [-0.05, 0) is 53.9 Å². The minimum absolute atomic E-state index is 0.439. The molecule has 2 rings (SSSR count). The van der Waals surface area contributed by atoms with E-state index in [0.717, 1.165) is 17.7 Å². The monoisotopic (exact) mass is 366 g/mol. The van der Waals surface area contributed by atoms with E-state index in [1.54, 1.807) is 6.07 Å². The molecule has 0 aliphatic carbocycles. The fraction of sp³-hybridized carbons (Fsp3) is 0.278. The molecule has 2 aromatic rings. The lowest BCUT2D eigenvalue weighted by molar-refractivity contribution is 0.863. The van der Waals surface area contributed by atoms with Gasteiger partial charge in [0, 0.05) is 22.3 Å². The molecular formula is C18H20Cl2N2S. The van der Waals surface area contributed by atoms with Crippen molar-refractivity contribution in [2.24, 2.45) is 0 Å². The van der Waals surface area contributed by atoms with Crippen molar-refractivity contribution in [3.05, 3.63) is 63.6 Å². The van der Waals surface area contributed by atoms with Crippen molar-refractivity contribution in [1.82, 2.24) is 5.32 Å². The molecule has 0 aliphatic heterocycles. The number of thiocarbonyl (C=S) groups is 1. The molecule has 0 atom stereocenters. The number of rotatable bonds is 5. The second-order valence-electron chi connectivity index (χ2n) is 5.61. The average Bonchev–Trinajstić information content (AvgIpc) is 2.50. The van der Waals surface area contributed by atoms with Crippen molar-refractivity contribution in [2.45, 2.75) is 26.2 Å². The molecule has 23 heavy (non-hydrogen) atoms. The molecule has 0 aromatic heterocycles. The number of anilines is 1. The van der Waals surface area contributed by atoms with Crippen LogP contribution in [-0.4, -0.2) is 11.7 Å². The lowest BCUT2D eigenvalue weighted by Gasteiger charge is -2.16. The minimum atomic E-state index is 0.439. The molecule has 2 aromatic carbocycles. The maximum Gasteiger partial charge on any atom is 0.170 e. The molecule has 0 amide bonds. The molecule has 0 spiro atoms. The first-order valence-corrected chi connectivity index (χ1v) is 8.71. The standard InChI is InChI=1S/C18H20Cl2N2S/c1-12(2)15-5-3-4-6-17(15)22-18(23)21-10-9-13-7-8-14(19)11-16(13)20/h3-8,11-12H,9-10H2,1-2H3,(H2,21,22,23). The summed E-state index contributed by atoms with van der Waals surface area (Å²) in [6.07, 6.45) is 0.781. The van der Waals surface area contributed by atoms with Crippen LogP contribution in [0.3, 0.4) is 0 Å². The van der Waals surface area contributed by atoms with E-state index in [1.165, 1.54) is 5.56 Å². The Balaban J connectivity index is 1.88. The van der Waals surface area contributed by atoms with Crippen molar-refractivity contribution in [3.63, 3.8) is 0 Å². The Bertz CT molecular complexity index is 686. The zero-order valence-electron chi connectivity index (χ0n) is 13.2. The van der Waals surface area contributed by atoms with Crippen LogP contribution in [0.15, 0.2) is 42.5 Å². The first-order chi connectivity index (χ1) is 11.0. The van der Waals surface area contributed by atoms with E-state index in [9.17, 15) is 0 Å². The summed E-state index contributed by atoms with van der Waals surface area (Å²) in [6.45, 7) is 5.04. The molecular weight excluding hydrogens is 347 g/mol. The molecule has 0 unspecified atom stereocenters. The molecule has 0 fully saturated rings. The zero-order chi connectivity index (χ0) is 16.8. The van der Waals surface area contributed by atoms with Crippen LogP contribution >= 0.6 is 35.4 Å². The summed E-state index contributed by atoms with van der Waals surface area (Å²) in [4.78, 5) is 0. The fourth-order valence-electron chi connectivity index (χ4n) is 2.32. The SMILES string of the molecule is CC(C)c1ccccc1NC(=S)NCCc1ccc(Cl)cc1Cl. The number of benzene rings is 2. The van der Waals surface area contributed by atoms with Crippen LogP contribution in [-0.2, 0) is 6.42 Å². The van der Waals surface area contributed by atoms with Crippen molar-refractivity contribution in [1.29, 1.82) is 0 Å². The van der Waals surface area contributed by atoms with E-state index in [-0.39, 0.29) is 0 Å². The molecule has 0 heterocycles. The summed E-state index contributed by atoms with van der Waals surface area (Å²) in [7, 11) is 0. The summed E-state index contributed by atoms with van der Waals surface area (Å²) in [5.74, 6) is 0.439. The van der Waals surface area contributed by atoms with Crippen LogP contribution in [0, 0.1) is 0 Å². The van der Waals surface area contributed by atoms with E-state index in [1.807, 2.05) is 30.3 Å². The number of halogens is 2. The average molecular weight is 367 g/mol. The Morgan fingerprint density at radius 3 is 2.57 bits per heavy atom. The fourth-order valence-corrected chi connectivity index (χ4v) is 3.03. The predicted octanol–water partition coefficient (Wildman–Crippen LogP) is 5.65. The highest BCUT2D eigenvalue weighted by Crippen LogP contribution is 2.23. The smallest absolute Gasteiger partial charge is 0.170 e. The highest BCUT2D eigenvalue weighted by Gasteiger charge is 2.07. The molecule has 0 aliphatic rings.